The number of aromatic nitrogens is 4. The van der Waals surface area contributed by atoms with Crippen molar-refractivity contribution >= 4 is 5.91 Å². The van der Waals surface area contributed by atoms with Gasteiger partial charge in [0.15, 0.2) is 5.82 Å². The quantitative estimate of drug-likeness (QED) is 0.726. The van der Waals surface area contributed by atoms with E-state index in [9.17, 15) is 4.79 Å². The van der Waals surface area contributed by atoms with Gasteiger partial charge < -0.3 is 11.1 Å². The average molecular weight is 274 g/mol. The minimum atomic E-state index is -0.236. The molecule has 1 unspecified atom stereocenters. The number of nitrogens with two attached hydrogens (primary N) is 1. The lowest BCUT2D eigenvalue weighted by Gasteiger charge is -2.14. The molecule has 0 spiro atoms. The van der Waals surface area contributed by atoms with Crippen LogP contribution in [0.4, 0.5) is 0 Å². The molecule has 4 N–H and O–H groups in total. The van der Waals surface area contributed by atoms with Crippen molar-refractivity contribution in [1.29, 1.82) is 0 Å². The lowest BCUT2D eigenvalue weighted by molar-refractivity contribution is 0.0932. The highest BCUT2D eigenvalue weighted by Gasteiger charge is 2.18. The Balaban J connectivity index is 2.07. The van der Waals surface area contributed by atoms with Crippen molar-refractivity contribution in [3.8, 4) is 0 Å². The number of carbonyl (C=O) groups is 1. The second-order valence-corrected chi connectivity index (χ2v) is 4.49. The molecule has 0 fully saturated rings. The van der Waals surface area contributed by atoms with Gasteiger partial charge in [0.25, 0.3) is 5.91 Å². The molecule has 0 saturated heterocycles. The van der Waals surface area contributed by atoms with Gasteiger partial charge in [-0.1, -0.05) is 30.7 Å². The van der Waals surface area contributed by atoms with Crippen molar-refractivity contribution < 1.29 is 4.79 Å². The van der Waals surface area contributed by atoms with Crippen LogP contribution in [0, 0.1) is 0 Å². The molecule has 2 aromatic rings. The Bertz CT molecular complexity index is 536. The fourth-order valence-corrected chi connectivity index (χ4v) is 1.91. The summed E-state index contributed by atoms with van der Waals surface area (Å²) in [6, 6.07) is 6.98. The maximum atomic E-state index is 12.2. The molecule has 1 atom stereocenters. The summed E-state index contributed by atoms with van der Waals surface area (Å²) in [6.45, 7) is 2.50. The first-order valence-corrected chi connectivity index (χ1v) is 6.57. The number of H-pyrrole nitrogens is 1. The van der Waals surface area contributed by atoms with E-state index in [1.54, 1.807) is 12.1 Å². The van der Waals surface area contributed by atoms with E-state index >= 15 is 0 Å². The maximum absolute atomic E-state index is 12.2. The molecule has 1 heterocycles. The van der Waals surface area contributed by atoms with Crippen molar-refractivity contribution in [2.24, 2.45) is 5.73 Å². The summed E-state index contributed by atoms with van der Waals surface area (Å²) in [4.78, 5) is 12.2. The van der Waals surface area contributed by atoms with Crippen LogP contribution in [0.25, 0.3) is 0 Å². The molecule has 20 heavy (non-hydrogen) atoms. The van der Waals surface area contributed by atoms with Crippen LogP contribution in [0.3, 0.4) is 0 Å². The van der Waals surface area contributed by atoms with Crippen molar-refractivity contribution in [3.05, 3.63) is 41.2 Å². The predicted molar refractivity (Wildman–Crippen MR) is 73.6 cm³/mol. The Morgan fingerprint density at radius 2 is 2.15 bits per heavy atom. The second kappa shape index (κ2) is 6.76. The molecule has 1 amide bonds. The van der Waals surface area contributed by atoms with E-state index in [1.165, 1.54) is 0 Å². The molecule has 1 aromatic carbocycles. The number of tetrazole rings is 1. The molecule has 1 aromatic heterocycles. The third-order valence-electron chi connectivity index (χ3n) is 3.01. The molecule has 106 valence electrons. The summed E-state index contributed by atoms with van der Waals surface area (Å²) in [5.41, 5.74) is 7.11. The molecule has 0 aliphatic heterocycles. The number of amides is 1. The third kappa shape index (κ3) is 3.39. The normalized spacial score (nSPS) is 12.1. The number of hydrogen-bond donors (Lipinski definition) is 3. The lowest BCUT2D eigenvalue weighted by atomic mass is 10.1. The van der Waals surface area contributed by atoms with Gasteiger partial charge in [0.1, 0.15) is 0 Å². The lowest BCUT2D eigenvalue weighted by Crippen LogP contribution is -2.29. The minimum absolute atomic E-state index is 0.156. The Morgan fingerprint density at radius 3 is 2.70 bits per heavy atom. The number of benzene rings is 1. The molecular formula is C13H18N6O. The number of nitrogens with zero attached hydrogens (tertiary/aromatic N) is 3. The first kappa shape index (κ1) is 14.1. The average Bonchev–Trinajstić information content (AvgIpc) is 3.01. The molecule has 7 heteroatoms. The molecule has 2 rings (SSSR count). The molecule has 0 bridgehead atoms. The standard InChI is InChI=1S/C13H18N6O/c1-2-3-11(12-16-18-19-17-12)15-13(20)10-6-4-9(8-14)5-7-10/h4-7,11H,2-3,8,14H2,1H3,(H,15,20)(H,16,17,18,19). The Morgan fingerprint density at radius 1 is 1.40 bits per heavy atom. The Hall–Kier alpha value is -2.28. The topological polar surface area (TPSA) is 110 Å². The fraction of sp³-hybridized carbons (Fsp3) is 0.385. The van der Waals surface area contributed by atoms with Crippen LogP contribution >= 0.6 is 0 Å². The SMILES string of the molecule is CCCC(NC(=O)c1ccc(CN)cc1)c1nn[nH]n1. The second-order valence-electron chi connectivity index (χ2n) is 4.49. The van der Waals surface area contributed by atoms with Crippen LogP contribution in [0.2, 0.25) is 0 Å². The molecule has 0 aliphatic rings. The number of carbonyl (C=O) groups excluding carboxylic acids is 1. The van der Waals surface area contributed by atoms with E-state index in [-0.39, 0.29) is 11.9 Å². The highest BCUT2D eigenvalue weighted by Crippen LogP contribution is 2.14. The summed E-state index contributed by atoms with van der Waals surface area (Å²) in [5.74, 6) is 0.343. The van der Waals surface area contributed by atoms with Gasteiger partial charge in [0.05, 0.1) is 6.04 Å². The Kier molecular flexibility index (Phi) is 4.78. The molecule has 0 radical (unpaired) electrons. The number of aromatic amines is 1. The zero-order valence-corrected chi connectivity index (χ0v) is 11.3. The third-order valence-corrected chi connectivity index (χ3v) is 3.01. The van der Waals surface area contributed by atoms with Gasteiger partial charge >= 0.3 is 0 Å². The smallest absolute Gasteiger partial charge is 0.251 e. The monoisotopic (exact) mass is 274 g/mol. The van der Waals surface area contributed by atoms with Crippen molar-refractivity contribution in [1.82, 2.24) is 25.9 Å². The van der Waals surface area contributed by atoms with Crippen LogP contribution in [0.5, 0.6) is 0 Å². The molecule has 0 saturated carbocycles. The van der Waals surface area contributed by atoms with Crippen molar-refractivity contribution in [2.75, 3.05) is 0 Å². The fourth-order valence-electron chi connectivity index (χ4n) is 1.91. The largest absolute Gasteiger partial charge is 0.342 e. The van der Waals surface area contributed by atoms with Gasteiger partial charge in [-0.15, -0.1) is 10.2 Å². The van der Waals surface area contributed by atoms with E-state index in [4.69, 9.17) is 5.73 Å². The summed E-state index contributed by atoms with van der Waals surface area (Å²) >= 11 is 0. The minimum Gasteiger partial charge on any atom is -0.342 e. The zero-order valence-electron chi connectivity index (χ0n) is 11.3. The van der Waals surface area contributed by atoms with Crippen LogP contribution in [0.15, 0.2) is 24.3 Å². The summed E-state index contributed by atoms with van der Waals surface area (Å²) < 4.78 is 0. The predicted octanol–water partition coefficient (Wildman–Crippen LogP) is 0.930. The number of rotatable bonds is 6. The van der Waals surface area contributed by atoms with Gasteiger partial charge in [-0.3, -0.25) is 4.79 Å². The number of nitrogens with one attached hydrogen (secondary N) is 2. The zero-order chi connectivity index (χ0) is 14.4. The highest BCUT2D eigenvalue weighted by atomic mass is 16.1. The van der Waals surface area contributed by atoms with Gasteiger partial charge in [-0.25, -0.2) is 0 Å². The molecular weight excluding hydrogens is 256 g/mol. The highest BCUT2D eigenvalue weighted by molar-refractivity contribution is 5.94. The van der Waals surface area contributed by atoms with E-state index in [0.29, 0.717) is 17.9 Å². The van der Waals surface area contributed by atoms with Gasteiger partial charge in [0, 0.05) is 12.1 Å². The van der Waals surface area contributed by atoms with E-state index in [2.05, 4.69) is 25.9 Å². The molecule has 7 nitrogen and oxygen atoms in total. The first-order chi connectivity index (χ1) is 9.74. The maximum Gasteiger partial charge on any atom is 0.251 e. The summed E-state index contributed by atoms with van der Waals surface area (Å²) in [6.07, 6.45) is 1.66. The Labute approximate surface area is 117 Å². The van der Waals surface area contributed by atoms with E-state index < -0.39 is 0 Å². The number of hydrogen-bond acceptors (Lipinski definition) is 5. The van der Waals surface area contributed by atoms with Crippen LogP contribution in [-0.2, 0) is 6.54 Å². The summed E-state index contributed by atoms with van der Waals surface area (Å²) in [5, 5.41) is 16.7. The molecule has 0 aliphatic carbocycles. The van der Waals surface area contributed by atoms with Gasteiger partial charge in [-0.2, -0.15) is 5.21 Å². The van der Waals surface area contributed by atoms with Gasteiger partial charge in [-0.05, 0) is 24.1 Å². The van der Waals surface area contributed by atoms with Crippen LogP contribution < -0.4 is 11.1 Å². The van der Waals surface area contributed by atoms with Crippen molar-refractivity contribution in [3.63, 3.8) is 0 Å². The van der Waals surface area contributed by atoms with Gasteiger partial charge in [0.2, 0.25) is 0 Å². The summed E-state index contributed by atoms with van der Waals surface area (Å²) in [7, 11) is 0. The first-order valence-electron chi connectivity index (χ1n) is 6.57. The van der Waals surface area contributed by atoms with E-state index in [1.807, 2.05) is 19.1 Å². The van der Waals surface area contributed by atoms with Crippen LogP contribution in [-0.4, -0.2) is 26.5 Å². The van der Waals surface area contributed by atoms with Crippen molar-refractivity contribution in [2.45, 2.75) is 32.4 Å². The van der Waals surface area contributed by atoms with Crippen LogP contribution in [0.1, 0.15) is 47.6 Å². The van der Waals surface area contributed by atoms with E-state index in [0.717, 1.165) is 18.4 Å².